The summed E-state index contributed by atoms with van der Waals surface area (Å²) in [6, 6.07) is 4.07. The van der Waals surface area contributed by atoms with Crippen molar-refractivity contribution < 1.29 is 0 Å². The van der Waals surface area contributed by atoms with Crippen LogP contribution in [0.15, 0.2) is 18.5 Å². The third-order valence-electron chi connectivity index (χ3n) is 2.66. The number of aromatic nitrogens is 1. The maximum atomic E-state index is 8.75. The van der Waals surface area contributed by atoms with Crippen LogP contribution in [0.1, 0.15) is 29.9 Å². The molecule has 3 nitrogen and oxygen atoms in total. The fourth-order valence-electron chi connectivity index (χ4n) is 1.88. The van der Waals surface area contributed by atoms with Crippen LogP contribution in [0.2, 0.25) is 0 Å². The zero-order valence-electron chi connectivity index (χ0n) is 8.03. The lowest BCUT2D eigenvalue weighted by atomic mass is 9.92. The van der Waals surface area contributed by atoms with Crippen LogP contribution in [0.25, 0.3) is 0 Å². The largest absolute Gasteiger partial charge is 0.316 e. The van der Waals surface area contributed by atoms with Gasteiger partial charge in [0.1, 0.15) is 6.07 Å². The fraction of sp³-hybridized carbons (Fsp3) is 0.455. The molecule has 14 heavy (non-hydrogen) atoms. The summed E-state index contributed by atoms with van der Waals surface area (Å²) in [7, 11) is 0. The Morgan fingerprint density at radius 1 is 1.50 bits per heavy atom. The molecule has 0 saturated carbocycles. The molecular weight excluding hydrogens is 174 g/mol. The Hall–Kier alpha value is -1.40. The van der Waals surface area contributed by atoms with Gasteiger partial charge >= 0.3 is 0 Å². The summed E-state index contributed by atoms with van der Waals surface area (Å²) in [6.07, 6.45) is 5.89. The first-order valence-corrected chi connectivity index (χ1v) is 4.96. The number of rotatable bonds is 1. The maximum Gasteiger partial charge on any atom is 0.101 e. The van der Waals surface area contributed by atoms with Crippen LogP contribution >= 0.6 is 0 Å². The zero-order valence-corrected chi connectivity index (χ0v) is 8.03. The Bertz CT molecular complexity index is 348. The minimum Gasteiger partial charge on any atom is -0.316 e. The quantitative estimate of drug-likeness (QED) is 0.723. The topological polar surface area (TPSA) is 48.7 Å². The fourth-order valence-corrected chi connectivity index (χ4v) is 1.88. The number of hydrogen-bond acceptors (Lipinski definition) is 3. The molecule has 0 bridgehead atoms. The highest BCUT2D eigenvalue weighted by atomic mass is 14.9. The summed E-state index contributed by atoms with van der Waals surface area (Å²) in [5, 5.41) is 12.1. The summed E-state index contributed by atoms with van der Waals surface area (Å²) in [5.41, 5.74) is 1.85. The molecule has 1 aromatic rings. The van der Waals surface area contributed by atoms with Gasteiger partial charge in [0.15, 0.2) is 0 Å². The molecule has 0 radical (unpaired) electrons. The van der Waals surface area contributed by atoms with Crippen molar-refractivity contribution in [2.45, 2.75) is 18.8 Å². The van der Waals surface area contributed by atoms with Crippen LogP contribution in [0.4, 0.5) is 0 Å². The zero-order chi connectivity index (χ0) is 9.80. The molecule has 0 spiro atoms. The number of piperidine rings is 1. The van der Waals surface area contributed by atoms with Gasteiger partial charge in [0.05, 0.1) is 5.56 Å². The van der Waals surface area contributed by atoms with Crippen molar-refractivity contribution in [1.29, 1.82) is 5.26 Å². The van der Waals surface area contributed by atoms with E-state index >= 15 is 0 Å². The van der Waals surface area contributed by atoms with Gasteiger partial charge in [-0.3, -0.25) is 4.98 Å². The van der Waals surface area contributed by atoms with E-state index in [0.717, 1.165) is 13.1 Å². The lowest BCUT2D eigenvalue weighted by molar-refractivity contribution is 0.461. The monoisotopic (exact) mass is 187 g/mol. The first kappa shape index (κ1) is 9.17. The van der Waals surface area contributed by atoms with Gasteiger partial charge in [-0.25, -0.2) is 0 Å². The molecule has 72 valence electrons. The predicted molar refractivity (Wildman–Crippen MR) is 53.8 cm³/mol. The Kier molecular flexibility index (Phi) is 2.76. The molecule has 1 fully saturated rings. The van der Waals surface area contributed by atoms with E-state index in [-0.39, 0.29) is 0 Å². The highest BCUT2D eigenvalue weighted by Crippen LogP contribution is 2.22. The van der Waals surface area contributed by atoms with Crippen molar-refractivity contribution in [2.75, 3.05) is 13.1 Å². The van der Waals surface area contributed by atoms with Gasteiger partial charge in [-0.15, -0.1) is 0 Å². The minimum absolute atomic E-state index is 0.532. The number of hydrogen-bond donors (Lipinski definition) is 1. The Morgan fingerprint density at radius 2 is 2.43 bits per heavy atom. The Balaban J connectivity index is 2.18. The molecule has 1 aliphatic rings. The number of nitrogens with one attached hydrogen (secondary N) is 1. The lowest BCUT2D eigenvalue weighted by Crippen LogP contribution is -2.28. The van der Waals surface area contributed by atoms with E-state index < -0.39 is 0 Å². The van der Waals surface area contributed by atoms with Crippen molar-refractivity contribution in [3.05, 3.63) is 29.6 Å². The SMILES string of the molecule is N#Cc1cncc(C2CCCNC2)c1. The number of nitriles is 1. The highest BCUT2D eigenvalue weighted by Gasteiger charge is 2.15. The second kappa shape index (κ2) is 4.21. The van der Waals surface area contributed by atoms with Crippen LogP contribution in [0, 0.1) is 11.3 Å². The smallest absolute Gasteiger partial charge is 0.101 e. The summed E-state index contributed by atoms with van der Waals surface area (Å²) >= 11 is 0. The molecule has 1 saturated heterocycles. The van der Waals surface area contributed by atoms with Crippen molar-refractivity contribution in [2.24, 2.45) is 0 Å². The Morgan fingerprint density at radius 3 is 3.14 bits per heavy atom. The lowest BCUT2D eigenvalue weighted by Gasteiger charge is -2.22. The maximum absolute atomic E-state index is 8.75. The number of nitrogens with zero attached hydrogens (tertiary/aromatic N) is 2. The normalized spacial score (nSPS) is 21.5. The van der Waals surface area contributed by atoms with E-state index in [4.69, 9.17) is 5.26 Å². The predicted octanol–water partition coefficient (Wildman–Crippen LogP) is 1.42. The Labute approximate surface area is 83.8 Å². The van der Waals surface area contributed by atoms with Crippen LogP contribution in [0.5, 0.6) is 0 Å². The van der Waals surface area contributed by atoms with Gasteiger partial charge < -0.3 is 5.32 Å². The van der Waals surface area contributed by atoms with Gasteiger partial charge in [-0.2, -0.15) is 5.26 Å². The van der Waals surface area contributed by atoms with Crippen LogP contribution in [-0.2, 0) is 0 Å². The van der Waals surface area contributed by atoms with Gasteiger partial charge in [0, 0.05) is 18.9 Å². The molecule has 3 heteroatoms. The van der Waals surface area contributed by atoms with Crippen molar-refractivity contribution in [1.82, 2.24) is 10.3 Å². The van der Waals surface area contributed by atoms with Gasteiger partial charge in [-0.05, 0) is 36.9 Å². The minimum atomic E-state index is 0.532. The molecule has 2 rings (SSSR count). The van der Waals surface area contributed by atoms with Crippen LogP contribution in [-0.4, -0.2) is 18.1 Å². The first-order valence-electron chi connectivity index (χ1n) is 4.96. The third-order valence-corrected chi connectivity index (χ3v) is 2.66. The van der Waals surface area contributed by atoms with E-state index in [9.17, 15) is 0 Å². The van der Waals surface area contributed by atoms with Crippen LogP contribution < -0.4 is 5.32 Å². The van der Waals surface area contributed by atoms with Crippen molar-refractivity contribution >= 4 is 0 Å². The summed E-state index contributed by atoms with van der Waals surface area (Å²) in [6.45, 7) is 2.12. The molecule has 1 aromatic heterocycles. The van der Waals surface area contributed by atoms with Gasteiger partial charge in [0.2, 0.25) is 0 Å². The standard InChI is InChI=1S/C11H13N3/c12-5-9-4-11(8-14-6-9)10-2-1-3-13-7-10/h4,6,8,10,13H,1-3,7H2. The molecule has 0 aromatic carbocycles. The highest BCUT2D eigenvalue weighted by molar-refractivity contribution is 5.31. The van der Waals surface area contributed by atoms with Crippen molar-refractivity contribution in [3.63, 3.8) is 0 Å². The average Bonchev–Trinajstić information content (AvgIpc) is 2.30. The molecule has 1 N–H and O–H groups in total. The molecule has 1 atom stereocenters. The first-order chi connectivity index (χ1) is 6.90. The van der Waals surface area contributed by atoms with Crippen molar-refractivity contribution in [3.8, 4) is 6.07 Å². The molecule has 0 aliphatic carbocycles. The molecular formula is C11H13N3. The van der Waals surface area contributed by atoms with E-state index in [1.54, 1.807) is 6.20 Å². The summed E-state index contributed by atoms with van der Waals surface area (Å²) < 4.78 is 0. The summed E-state index contributed by atoms with van der Waals surface area (Å²) in [5.74, 6) is 0.532. The average molecular weight is 187 g/mol. The van der Waals surface area contributed by atoms with E-state index in [1.807, 2.05) is 12.3 Å². The second-order valence-corrected chi connectivity index (χ2v) is 3.66. The van der Waals surface area contributed by atoms with E-state index in [0.29, 0.717) is 11.5 Å². The second-order valence-electron chi connectivity index (χ2n) is 3.66. The van der Waals surface area contributed by atoms with Gasteiger partial charge in [0.25, 0.3) is 0 Å². The van der Waals surface area contributed by atoms with E-state index in [2.05, 4.69) is 16.4 Å². The van der Waals surface area contributed by atoms with Crippen LogP contribution in [0.3, 0.4) is 0 Å². The van der Waals surface area contributed by atoms with Gasteiger partial charge in [-0.1, -0.05) is 0 Å². The molecule has 0 amide bonds. The number of pyridine rings is 1. The molecule has 2 heterocycles. The summed E-state index contributed by atoms with van der Waals surface area (Å²) in [4.78, 5) is 4.08. The molecule has 1 unspecified atom stereocenters. The van der Waals surface area contributed by atoms with E-state index in [1.165, 1.54) is 18.4 Å². The molecule has 1 aliphatic heterocycles. The third kappa shape index (κ3) is 1.91.